The van der Waals surface area contributed by atoms with E-state index in [0.717, 1.165) is 13.1 Å². The van der Waals surface area contributed by atoms with Crippen LogP contribution in [0.15, 0.2) is 23.2 Å². The third-order valence-electron chi connectivity index (χ3n) is 2.88. The lowest BCUT2D eigenvalue weighted by Gasteiger charge is -2.28. The van der Waals surface area contributed by atoms with Crippen LogP contribution in [0.5, 0.6) is 0 Å². The van der Waals surface area contributed by atoms with Crippen molar-refractivity contribution in [1.29, 1.82) is 0 Å². The summed E-state index contributed by atoms with van der Waals surface area (Å²) in [5.41, 5.74) is 4.21. The molecule has 2 nitrogen and oxygen atoms in total. The summed E-state index contributed by atoms with van der Waals surface area (Å²) in [6.45, 7) is 1.94. The van der Waals surface area contributed by atoms with Crippen molar-refractivity contribution in [2.75, 3.05) is 11.9 Å². The van der Waals surface area contributed by atoms with Gasteiger partial charge < -0.3 is 5.32 Å². The maximum absolute atomic E-state index is 4.39. The molecule has 0 saturated carbocycles. The molecule has 0 aromatic heterocycles. The Bertz CT molecular complexity index is 368. The first kappa shape index (κ1) is 7.13. The lowest BCUT2D eigenvalue weighted by molar-refractivity contribution is 0.750. The van der Waals surface area contributed by atoms with Gasteiger partial charge in [0.25, 0.3) is 0 Å². The summed E-state index contributed by atoms with van der Waals surface area (Å²) < 4.78 is 0. The minimum atomic E-state index is 0.571. The van der Waals surface area contributed by atoms with Crippen LogP contribution in [0.4, 0.5) is 5.69 Å². The molecule has 0 radical (unpaired) electrons. The Morgan fingerprint density at radius 1 is 1.38 bits per heavy atom. The molecule has 1 aromatic rings. The third-order valence-corrected chi connectivity index (χ3v) is 2.88. The Kier molecular flexibility index (Phi) is 1.42. The largest absolute Gasteiger partial charge is 0.385 e. The molecule has 0 fully saturated rings. The average Bonchev–Trinajstić information content (AvgIpc) is 2.19. The van der Waals surface area contributed by atoms with Crippen LogP contribution < -0.4 is 5.32 Å². The Balaban J connectivity index is 2.22. The van der Waals surface area contributed by atoms with E-state index >= 15 is 0 Å². The van der Waals surface area contributed by atoms with E-state index in [0.29, 0.717) is 5.92 Å². The maximum Gasteiger partial charge on any atom is 0.0639 e. The van der Waals surface area contributed by atoms with Crippen LogP contribution in [0.2, 0.25) is 0 Å². The van der Waals surface area contributed by atoms with E-state index in [1.54, 1.807) is 0 Å². The summed E-state index contributed by atoms with van der Waals surface area (Å²) in [5, 5.41) is 3.44. The molecule has 0 aliphatic carbocycles. The normalized spacial score (nSPS) is 23.5. The number of benzene rings is 1. The van der Waals surface area contributed by atoms with Gasteiger partial charge in [0.15, 0.2) is 0 Å². The smallest absolute Gasteiger partial charge is 0.0639 e. The molecule has 1 N–H and O–H groups in total. The molecule has 0 saturated heterocycles. The van der Waals surface area contributed by atoms with Crippen LogP contribution in [-0.4, -0.2) is 12.8 Å². The molecule has 2 aliphatic heterocycles. The van der Waals surface area contributed by atoms with Crippen LogP contribution in [0.25, 0.3) is 0 Å². The number of hydrogen-bond donors (Lipinski definition) is 1. The molecule has 2 heteroatoms. The molecular weight excluding hydrogens is 160 g/mol. The molecular formula is C11H12N2. The van der Waals surface area contributed by atoms with Crippen molar-refractivity contribution in [1.82, 2.24) is 0 Å². The third kappa shape index (κ3) is 0.981. The topological polar surface area (TPSA) is 24.4 Å². The number of anilines is 1. The lowest BCUT2D eigenvalue weighted by atomic mass is 9.86. The number of nitrogens with one attached hydrogen (secondary N) is 1. The number of rotatable bonds is 0. The molecule has 0 amide bonds. The summed E-state index contributed by atoms with van der Waals surface area (Å²) in [6.07, 6.45) is 3.31. The average molecular weight is 172 g/mol. The van der Waals surface area contributed by atoms with Crippen molar-refractivity contribution < 1.29 is 0 Å². The van der Waals surface area contributed by atoms with E-state index in [9.17, 15) is 0 Å². The highest BCUT2D eigenvalue weighted by Crippen LogP contribution is 2.35. The van der Waals surface area contributed by atoms with Crippen molar-refractivity contribution in [3.63, 3.8) is 0 Å². The SMILES string of the molecule is C1=NCc2cccc3c2C1CCN3. The van der Waals surface area contributed by atoms with Crippen LogP contribution in [0.1, 0.15) is 23.5 Å². The minimum Gasteiger partial charge on any atom is -0.385 e. The predicted molar refractivity (Wildman–Crippen MR) is 54.5 cm³/mol. The van der Waals surface area contributed by atoms with Gasteiger partial charge >= 0.3 is 0 Å². The first-order valence-corrected chi connectivity index (χ1v) is 4.81. The molecule has 1 unspecified atom stereocenters. The summed E-state index contributed by atoms with van der Waals surface area (Å²) in [4.78, 5) is 4.39. The van der Waals surface area contributed by atoms with Gasteiger partial charge in [-0.1, -0.05) is 12.1 Å². The second kappa shape index (κ2) is 2.59. The van der Waals surface area contributed by atoms with Gasteiger partial charge in [-0.3, -0.25) is 4.99 Å². The van der Waals surface area contributed by atoms with E-state index in [2.05, 4.69) is 34.7 Å². The van der Waals surface area contributed by atoms with Gasteiger partial charge in [0, 0.05) is 24.4 Å². The predicted octanol–water partition coefficient (Wildman–Crippen LogP) is 2.17. The van der Waals surface area contributed by atoms with E-state index < -0.39 is 0 Å². The van der Waals surface area contributed by atoms with Gasteiger partial charge in [-0.15, -0.1) is 0 Å². The van der Waals surface area contributed by atoms with Crippen LogP contribution >= 0.6 is 0 Å². The van der Waals surface area contributed by atoms with E-state index in [1.807, 2.05) is 0 Å². The molecule has 1 atom stereocenters. The Morgan fingerprint density at radius 3 is 3.38 bits per heavy atom. The van der Waals surface area contributed by atoms with Gasteiger partial charge in [-0.25, -0.2) is 0 Å². The summed E-state index contributed by atoms with van der Waals surface area (Å²) in [6, 6.07) is 6.48. The van der Waals surface area contributed by atoms with Crippen molar-refractivity contribution >= 4 is 11.9 Å². The minimum absolute atomic E-state index is 0.571. The summed E-state index contributed by atoms with van der Waals surface area (Å²) >= 11 is 0. The lowest BCUT2D eigenvalue weighted by Crippen LogP contribution is -2.21. The first-order valence-electron chi connectivity index (χ1n) is 4.81. The van der Waals surface area contributed by atoms with Crippen LogP contribution in [0.3, 0.4) is 0 Å². The molecule has 2 aliphatic rings. The van der Waals surface area contributed by atoms with Gasteiger partial charge in [-0.05, 0) is 23.6 Å². The van der Waals surface area contributed by atoms with Crippen molar-refractivity contribution in [3.05, 3.63) is 29.3 Å². The zero-order valence-corrected chi connectivity index (χ0v) is 7.46. The Labute approximate surface area is 77.7 Å². The molecule has 13 heavy (non-hydrogen) atoms. The highest BCUT2D eigenvalue weighted by Gasteiger charge is 2.23. The molecule has 0 bridgehead atoms. The monoisotopic (exact) mass is 172 g/mol. The highest BCUT2D eigenvalue weighted by molar-refractivity contribution is 5.77. The summed E-state index contributed by atoms with van der Waals surface area (Å²) in [5.74, 6) is 0.571. The second-order valence-electron chi connectivity index (χ2n) is 3.69. The van der Waals surface area contributed by atoms with Crippen molar-refractivity contribution in [2.45, 2.75) is 18.9 Å². The number of nitrogens with zero attached hydrogens (tertiary/aromatic N) is 1. The van der Waals surface area contributed by atoms with Gasteiger partial charge in [0.05, 0.1) is 6.54 Å². The fraction of sp³-hybridized carbons (Fsp3) is 0.364. The fourth-order valence-corrected chi connectivity index (χ4v) is 2.28. The quantitative estimate of drug-likeness (QED) is 0.637. The molecule has 2 heterocycles. The standard InChI is InChI=1S/C11H12N2/c1-2-8-6-12-7-9-4-5-13-10(3-1)11(8)9/h1-3,7,9,13H,4-6H2. The van der Waals surface area contributed by atoms with Gasteiger partial charge in [0.2, 0.25) is 0 Å². The van der Waals surface area contributed by atoms with Crippen LogP contribution in [-0.2, 0) is 6.54 Å². The first-order chi connectivity index (χ1) is 6.45. The maximum atomic E-state index is 4.39. The highest BCUT2D eigenvalue weighted by atomic mass is 14.9. The molecule has 0 spiro atoms. The number of aliphatic imine (C=N–C) groups is 1. The van der Waals surface area contributed by atoms with Crippen LogP contribution in [0, 0.1) is 0 Å². The Morgan fingerprint density at radius 2 is 2.38 bits per heavy atom. The Hall–Kier alpha value is -1.31. The zero-order valence-electron chi connectivity index (χ0n) is 7.46. The zero-order chi connectivity index (χ0) is 8.67. The van der Waals surface area contributed by atoms with E-state index in [4.69, 9.17) is 0 Å². The van der Waals surface area contributed by atoms with E-state index in [-0.39, 0.29) is 0 Å². The van der Waals surface area contributed by atoms with E-state index in [1.165, 1.54) is 23.2 Å². The molecule has 3 rings (SSSR count). The van der Waals surface area contributed by atoms with Gasteiger partial charge in [0.1, 0.15) is 0 Å². The van der Waals surface area contributed by atoms with Gasteiger partial charge in [-0.2, -0.15) is 0 Å². The van der Waals surface area contributed by atoms with Crippen molar-refractivity contribution in [3.8, 4) is 0 Å². The second-order valence-corrected chi connectivity index (χ2v) is 3.69. The number of hydrogen-bond acceptors (Lipinski definition) is 2. The molecule has 66 valence electrons. The molecule has 1 aromatic carbocycles. The summed E-state index contributed by atoms with van der Waals surface area (Å²) in [7, 11) is 0. The van der Waals surface area contributed by atoms with Crippen molar-refractivity contribution in [2.24, 2.45) is 4.99 Å². The fourth-order valence-electron chi connectivity index (χ4n) is 2.28.